The Morgan fingerprint density at radius 2 is 0.917 bits per heavy atom. The highest BCUT2D eigenvalue weighted by Crippen LogP contribution is 2.35. The van der Waals surface area contributed by atoms with E-state index in [1.165, 1.54) is 0 Å². The molecule has 0 amide bonds. The molecule has 0 spiro atoms. The van der Waals surface area contributed by atoms with Crippen molar-refractivity contribution in [2.75, 3.05) is 0 Å². The molecule has 5 aromatic carbocycles. The Labute approximate surface area is 280 Å². The van der Waals surface area contributed by atoms with Gasteiger partial charge in [0.2, 0.25) is 0 Å². The summed E-state index contributed by atoms with van der Waals surface area (Å²) >= 11 is 0. The van der Waals surface area contributed by atoms with Gasteiger partial charge in [0, 0.05) is 22.3 Å². The SMILES string of the molecule is C=Cc1nc(-c2ccc(-c3cccc(-c4cc(-c5ccccc5)cc(-c5ccccc5)n4)c3)cc2)c(-c2cccc(C#N)c2)nc1C=C. The van der Waals surface area contributed by atoms with Gasteiger partial charge in [-0.15, -0.1) is 0 Å². The van der Waals surface area contributed by atoms with Gasteiger partial charge in [-0.2, -0.15) is 5.26 Å². The standard InChI is InChI=1S/C44H30N4/c1-3-39-40(4-2)48-44(37-20-11-13-30(25-37)29-45)43(47-39)34-23-21-32(22-24-34)35-18-12-19-36(26-35)42-28-38(31-14-7-5-8-15-31)27-41(46-42)33-16-9-6-10-17-33/h3-28H,1-2H2. The molecule has 2 heterocycles. The Bertz CT molecular complexity index is 2260. The van der Waals surface area contributed by atoms with Crippen molar-refractivity contribution in [2.45, 2.75) is 0 Å². The third-order valence-electron chi connectivity index (χ3n) is 8.26. The Kier molecular flexibility index (Phi) is 8.33. The van der Waals surface area contributed by atoms with Crippen LogP contribution < -0.4 is 0 Å². The predicted molar refractivity (Wildman–Crippen MR) is 197 cm³/mol. The number of aromatic nitrogens is 3. The maximum atomic E-state index is 9.52. The summed E-state index contributed by atoms with van der Waals surface area (Å²) in [7, 11) is 0. The molecule has 4 nitrogen and oxygen atoms in total. The van der Waals surface area contributed by atoms with Crippen molar-refractivity contribution in [3.63, 3.8) is 0 Å². The number of hydrogen-bond donors (Lipinski definition) is 0. The van der Waals surface area contributed by atoms with Crippen LogP contribution in [0.3, 0.4) is 0 Å². The lowest BCUT2D eigenvalue weighted by molar-refractivity contribution is 1.17. The van der Waals surface area contributed by atoms with E-state index in [-0.39, 0.29) is 0 Å². The molecule has 0 saturated heterocycles. The van der Waals surface area contributed by atoms with E-state index in [2.05, 4.69) is 116 Å². The van der Waals surface area contributed by atoms with Crippen LogP contribution in [0.5, 0.6) is 0 Å². The number of pyridine rings is 1. The maximum Gasteiger partial charge on any atom is 0.0991 e. The largest absolute Gasteiger partial charge is 0.248 e. The van der Waals surface area contributed by atoms with Crippen LogP contribution in [0, 0.1) is 11.3 Å². The first kappa shape index (κ1) is 30.0. The average molecular weight is 615 g/mol. The molecule has 0 radical (unpaired) electrons. The minimum Gasteiger partial charge on any atom is -0.248 e. The predicted octanol–water partition coefficient (Wildman–Crippen LogP) is 11.0. The van der Waals surface area contributed by atoms with Crippen LogP contribution in [0.15, 0.2) is 159 Å². The fourth-order valence-electron chi connectivity index (χ4n) is 5.81. The van der Waals surface area contributed by atoms with Crippen molar-refractivity contribution in [2.24, 2.45) is 0 Å². The van der Waals surface area contributed by atoms with E-state index in [1.54, 1.807) is 18.2 Å². The molecule has 7 rings (SSSR count). The van der Waals surface area contributed by atoms with Crippen molar-refractivity contribution in [3.05, 3.63) is 176 Å². The maximum absolute atomic E-state index is 9.52. The molecule has 0 unspecified atom stereocenters. The molecule has 0 N–H and O–H groups in total. The molecular weight excluding hydrogens is 585 g/mol. The van der Waals surface area contributed by atoms with Gasteiger partial charge in [-0.05, 0) is 64.7 Å². The Balaban J connectivity index is 1.28. The quantitative estimate of drug-likeness (QED) is 0.171. The average Bonchev–Trinajstić information content (AvgIpc) is 3.18. The van der Waals surface area contributed by atoms with Crippen LogP contribution in [0.4, 0.5) is 0 Å². The normalized spacial score (nSPS) is 10.6. The second-order valence-electron chi connectivity index (χ2n) is 11.3. The van der Waals surface area contributed by atoms with E-state index in [0.717, 1.165) is 55.9 Å². The van der Waals surface area contributed by atoms with E-state index >= 15 is 0 Å². The van der Waals surface area contributed by atoms with Gasteiger partial charge in [-0.1, -0.05) is 128 Å². The van der Waals surface area contributed by atoms with Gasteiger partial charge in [0.1, 0.15) is 0 Å². The first-order valence-corrected chi connectivity index (χ1v) is 15.6. The summed E-state index contributed by atoms with van der Waals surface area (Å²) in [5, 5.41) is 9.52. The molecule has 0 aliphatic carbocycles. The zero-order valence-electron chi connectivity index (χ0n) is 26.2. The van der Waals surface area contributed by atoms with E-state index in [4.69, 9.17) is 15.0 Å². The Morgan fingerprint density at radius 1 is 0.417 bits per heavy atom. The third-order valence-corrected chi connectivity index (χ3v) is 8.26. The fourth-order valence-corrected chi connectivity index (χ4v) is 5.81. The van der Waals surface area contributed by atoms with Gasteiger partial charge in [0.05, 0.1) is 45.8 Å². The highest BCUT2D eigenvalue weighted by molar-refractivity contribution is 5.83. The van der Waals surface area contributed by atoms with Gasteiger partial charge in [-0.25, -0.2) is 15.0 Å². The number of nitriles is 1. The molecule has 48 heavy (non-hydrogen) atoms. The zero-order valence-corrected chi connectivity index (χ0v) is 26.2. The van der Waals surface area contributed by atoms with Crippen molar-refractivity contribution in [1.29, 1.82) is 5.26 Å². The molecule has 0 fully saturated rings. The van der Waals surface area contributed by atoms with Crippen molar-refractivity contribution in [1.82, 2.24) is 15.0 Å². The molecule has 2 aromatic heterocycles. The minimum atomic E-state index is 0.558. The van der Waals surface area contributed by atoms with Crippen molar-refractivity contribution >= 4 is 12.2 Å². The van der Waals surface area contributed by atoms with Gasteiger partial charge >= 0.3 is 0 Å². The summed E-state index contributed by atoms with van der Waals surface area (Å²) in [4.78, 5) is 15.0. The molecule has 4 heteroatoms. The minimum absolute atomic E-state index is 0.558. The van der Waals surface area contributed by atoms with E-state index in [1.807, 2.05) is 42.5 Å². The van der Waals surface area contributed by atoms with Gasteiger partial charge < -0.3 is 0 Å². The van der Waals surface area contributed by atoms with Crippen LogP contribution in [-0.4, -0.2) is 15.0 Å². The van der Waals surface area contributed by atoms with E-state index in [0.29, 0.717) is 28.3 Å². The van der Waals surface area contributed by atoms with Crippen LogP contribution in [0.25, 0.3) is 79.4 Å². The van der Waals surface area contributed by atoms with Gasteiger partial charge in [0.25, 0.3) is 0 Å². The first-order valence-electron chi connectivity index (χ1n) is 15.6. The molecule has 226 valence electrons. The lowest BCUT2D eigenvalue weighted by atomic mass is 9.96. The van der Waals surface area contributed by atoms with Crippen LogP contribution in [0.2, 0.25) is 0 Å². The summed E-state index contributed by atoms with van der Waals surface area (Å²) in [6.07, 6.45) is 3.36. The summed E-state index contributed by atoms with van der Waals surface area (Å²) in [5.41, 5.74) is 13.3. The summed E-state index contributed by atoms with van der Waals surface area (Å²) in [5.74, 6) is 0. The highest BCUT2D eigenvalue weighted by Gasteiger charge is 2.16. The smallest absolute Gasteiger partial charge is 0.0991 e. The number of hydrogen-bond acceptors (Lipinski definition) is 4. The second-order valence-corrected chi connectivity index (χ2v) is 11.3. The molecular formula is C44H30N4. The van der Waals surface area contributed by atoms with Crippen molar-refractivity contribution in [3.8, 4) is 73.4 Å². The topological polar surface area (TPSA) is 62.5 Å². The Hall–Kier alpha value is -6.70. The third kappa shape index (κ3) is 6.09. The lowest BCUT2D eigenvalue weighted by Crippen LogP contribution is -2.00. The monoisotopic (exact) mass is 614 g/mol. The van der Waals surface area contributed by atoms with Crippen LogP contribution >= 0.6 is 0 Å². The number of nitrogens with zero attached hydrogens (tertiary/aromatic N) is 4. The molecule has 7 aromatic rings. The highest BCUT2D eigenvalue weighted by atomic mass is 14.8. The Morgan fingerprint density at radius 3 is 1.56 bits per heavy atom. The van der Waals surface area contributed by atoms with Crippen LogP contribution in [0.1, 0.15) is 17.0 Å². The lowest BCUT2D eigenvalue weighted by Gasteiger charge is -2.13. The van der Waals surface area contributed by atoms with Crippen molar-refractivity contribution < 1.29 is 0 Å². The first-order chi connectivity index (χ1) is 23.6. The second kappa shape index (κ2) is 13.3. The number of benzene rings is 5. The van der Waals surface area contributed by atoms with Gasteiger partial charge in [0.15, 0.2) is 0 Å². The summed E-state index contributed by atoms with van der Waals surface area (Å²) in [6.45, 7) is 7.86. The molecule has 0 aliphatic heterocycles. The summed E-state index contributed by atoms with van der Waals surface area (Å²) < 4.78 is 0. The van der Waals surface area contributed by atoms with Gasteiger partial charge in [-0.3, -0.25) is 0 Å². The molecule has 0 saturated carbocycles. The molecule has 0 aliphatic rings. The van der Waals surface area contributed by atoms with Crippen LogP contribution in [-0.2, 0) is 0 Å². The fraction of sp³-hybridized carbons (Fsp3) is 0. The molecule has 0 bridgehead atoms. The zero-order chi connectivity index (χ0) is 32.9. The molecule has 0 atom stereocenters. The summed E-state index contributed by atoms with van der Waals surface area (Å²) in [6, 6.07) is 51.5. The van der Waals surface area contributed by atoms with E-state index < -0.39 is 0 Å². The van der Waals surface area contributed by atoms with E-state index in [9.17, 15) is 5.26 Å². The number of rotatable bonds is 8.